The number of phosphoric ester groups is 1. The molecular formula is C11H15Li4N2O15P3. The minimum absolute atomic E-state index is 0. The van der Waals surface area contributed by atoms with Crippen molar-refractivity contribution in [2.75, 3.05) is 6.61 Å². The number of hydrogen-bond acceptors (Lipinski definition) is 15. The third kappa shape index (κ3) is 12.0. The van der Waals surface area contributed by atoms with Crippen LogP contribution in [0.15, 0.2) is 15.8 Å². The van der Waals surface area contributed by atoms with E-state index in [1.54, 1.807) is 6.92 Å². The number of aryl methyl sites for hydroxylation is 1. The largest absolute Gasteiger partial charge is 1.00 e. The summed E-state index contributed by atoms with van der Waals surface area (Å²) in [4.78, 5) is 68.8. The molecule has 6 unspecified atom stereocenters. The van der Waals surface area contributed by atoms with E-state index in [1.807, 2.05) is 4.98 Å². The maximum absolute atomic E-state index is 12.0. The molecule has 17 nitrogen and oxygen atoms in total. The van der Waals surface area contributed by atoms with Crippen molar-refractivity contribution in [2.45, 2.75) is 37.9 Å². The number of H-pyrrole nitrogens is 1. The fraction of sp³-hybridized carbons (Fsp3) is 0.636. The van der Waals surface area contributed by atoms with E-state index in [2.05, 4.69) is 13.1 Å². The molecule has 0 radical (unpaired) electrons. The smallest absolute Gasteiger partial charge is 0.790 e. The normalized spacial score (nSPS) is 25.0. The van der Waals surface area contributed by atoms with Gasteiger partial charge in [-0.2, -0.15) is 0 Å². The average Bonchev–Trinajstić information content (AvgIpc) is 2.85. The number of ether oxygens (including phenoxy) is 1. The van der Waals surface area contributed by atoms with Crippen LogP contribution in [0.5, 0.6) is 0 Å². The number of aliphatic hydroxyl groups is 2. The van der Waals surface area contributed by atoms with Gasteiger partial charge in [0.2, 0.25) is 0 Å². The number of aromatic nitrogens is 2. The van der Waals surface area contributed by atoms with Crippen LogP contribution in [0.4, 0.5) is 0 Å². The van der Waals surface area contributed by atoms with Crippen LogP contribution in [-0.2, 0) is 38.1 Å². The van der Waals surface area contributed by atoms with Crippen molar-refractivity contribution in [3.8, 4) is 0 Å². The minimum Gasteiger partial charge on any atom is -0.790 e. The predicted molar refractivity (Wildman–Crippen MR) is 87.6 cm³/mol. The Morgan fingerprint density at radius 2 is 1.54 bits per heavy atom. The zero-order valence-corrected chi connectivity index (χ0v) is 22.0. The Kier molecular flexibility index (Phi) is 18.5. The average molecular weight is 536 g/mol. The molecule has 2 rings (SSSR count). The molecular weight excluding hydrogens is 521 g/mol. The quantitative estimate of drug-likeness (QED) is 0.195. The van der Waals surface area contributed by atoms with Gasteiger partial charge in [0, 0.05) is 12.7 Å². The van der Waals surface area contributed by atoms with Crippen LogP contribution < -0.4 is 106 Å². The van der Waals surface area contributed by atoms with E-state index < -0.39 is 65.7 Å². The van der Waals surface area contributed by atoms with Crippen LogP contribution in [0.3, 0.4) is 0 Å². The molecule has 0 amide bonds. The van der Waals surface area contributed by atoms with Crippen LogP contribution in [0.1, 0.15) is 18.6 Å². The zero-order chi connectivity index (χ0) is 23.8. The maximum Gasteiger partial charge on any atom is 1.00 e. The van der Waals surface area contributed by atoms with Crippen LogP contribution in [0.25, 0.3) is 0 Å². The van der Waals surface area contributed by atoms with Crippen molar-refractivity contribution in [1.29, 1.82) is 0 Å². The minimum atomic E-state index is -6.17. The topological polar surface area (TPSA) is 276 Å². The Bertz CT molecular complexity index is 1080. The van der Waals surface area contributed by atoms with Crippen molar-refractivity contribution in [3.63, 3.8) is 0 Å². The molecule has 0 aliphatic carbocycles. The van der Waals surface area contributed by atoms with Crippen LogP contribution >= 0.6 is 23.5 Å². The van der Waals surface area contributed by atoms with Crippen molar-refractivity contribution >= 4 is 23.5 Å². The van der Waals surface area contributed by atoms with Crippen LogP contribution in [0.2, 0.25) is 0 Å². The van der Waals surface area contributed by atoms with Gasteiger partial charge in [0.15, 0.2) is 0 Å². The summed E-state index contributed by atoms with van der Waals surface area (Å²) in [5.74, 6) is 0. The summed E-state index contributed by atoms with van der Waals surface area (Å²) in [6, 6.07) is 0. The first-order valence-corrected chi connectivity index (χ1v) is 12.5. The summed E-state index contributed by atoms with van der Waals surface area (Å²) in [6.45, 7) is 0.547. The monoisotopic (exact) mass is 536 g/mol. The van der Waals surface area contributed by atoms with Gasteiger partial charge < -0.3 is 48.2 Å². The summed E-state index contributed by atoms with van der Waals surface area (Å²) in [6.07, 6.45) is -5.75. The van der Waals surface area contributed by atoms with Gasteiger partial charge >= 0.3 is 81.1 Å². The third-order valence-corrected chi connectivity index (χ3v) is 7.51. The fourth-order valence-corrected chi connectivity index (χ4v) is 5.42. The Morgan fingerprint density at radius 3 is 2.03 bits per heavy atom. The van der Waals surface area contributed by atoms with Crippen molar-refractivity contribution in [2.24, 2.45) is 0 Å². The van der Waals surface area contributed by atoms with E-state index in [-0.39, 0.29) is 87.6 Å². The Hall–Kier alpha value is 1.36. The first kappa shape index (κ1) is 40.9. The molecule has 0 spiro atoms. The van der Waals surface area contributed by atoms with E-state index in [0.717, 1.165) is 10.8 Å². The number of aliphatic hydroxyl groups excluding tert-OH is 2. The molecule has 0 bridgehead atoms. The molecule has 3 N–H and O–H groups in total. The first-order chi connectivity index (χ1) is 14.1. The summed E-state index contributed by atoms with van der Waals surface area (Å²) in [5.41, 5.74) is -1.98. The van der Waals surface area contributed by atoms with Crippen molar-refractivity contribution in [1.82, 2.24) is 9.55 Å². The fourth-order valence-electron chi connectivity index (χ4n) is 2.56. The molecule has 24 heteroatoms. The second-order valence-corrected chi connectivity index (χ2v) is 10.3. The molecule has 1 fully saturated rings. The standard InChI is InChI=1S/C11H19N2O15P3.4Li/c1-2-13-3-5(10(16)12-11(13)17)9-8(15)7(14)6(26-9)4-25-30(21,22)28-31(23,24)27-29(18,19)20;;;;/h3,6-9,14-15H,2,4H2,1H3,(H,21,22)(H,23,24)(H,12,16,17)(H2,18,19,20);;;;/q;4*+1/p-4. The van der Waals surface area contributed by atoms with Gasteiger partial charge in [0.1, 0.15) is 24.4 Å². The summed E-state index contributed by atoms with van der Waals surface area (Å²) < 4.78 is 49.7. The number of nitrogens with one attached hydrogen (secondary N) is 1. The Labute approximate surface area is 245 Å². The van der Waals surface area contributed by atoms with Crippen molar-refractivity contribution < 1.29 is 137 Å². The number of hydrogen-bond donors (Lipinski definition) is 3. The molecule has 0 aromatic carbocycles. The molecule has 1 aromatic rings. The second kappa shape index (κ2) is 15.8. The van der Waals surface area contributed by atoms with Crippen molar-refractivity contribution in [3.05, 3.63) is 32.6 Å². The van der Waals surface area contributed by atoms with Gasteiger partial charge in [0.25, 0.3) is 21.2 Å². The van der Waals surface area contributed by atoms with E-state index in [1.165, 1.54) is 0 Å². The van der Waals surface area contributed by atoms with E-state index >= 15 is 0 Å². The molecule has 1 aromatic heterocycles. The predicted octanol–water partition coefficient (Wildman–Crippen LogP) is -16.5. The molecule has 1 aliphatic rings. The maximum atomic E-state index is 12.0. The SMILES string of the molecule is CCn1cc(C2OC(COP(=O)([O-])OP(=O)([O-])OP(=O)([O-])[O-])C(O)C2O)c(=O)[nH]c1=O.[Li+].[Li+].[Li+].[Li+]. The van der Waals surface area contributed by atoms with Crippen LogP contribution in [0, 0.1) is 0 Å². The van der Waals surface area contributed by atoms with Gasteiger partial charge in [-0.1, -0.05) is 0 Å². The molecule has 35 heavy (non-hydrogen) atoms. The molecule has 1 aliphatic heterocycles. The summed E-state index contributed by atoms with van der Waals surface area (Å²) in [5, 5.41) is 20.1. The van der Waals surface area contributed by atoms with Gasteiger partial charge in [-0.15, -0.1) is 0 Å². The van der Waals surface area contributed by atoms with Gasteiger partial charge in [-0.05, 0) is 6.92 Å². The number of nitrogens with zero attached hydrogens (tertiary/aromatic N) is 1. The van der Waals surface area contributed by atoms with Gasteiger partial charge in [-0.3, -0.25) is 23.2 Å². The Balaban J connectivity index is -0.00000256. The van der Waals surface area contributed by atoms with E-state index in [9.17, 15) is 53.1 Å². The third-order valence-electron chi connectivity index (χ3n) is 3.84. The molecule has 178 valence electrons. The van der Waals surface area contributed by atoms with Gasteiger partial charge in [0.05, 0.1) is 20.0 Å². The number of rotatable bonds is 9. The van der Waals surface area contributed by atoms with E-state index in [0.29, 0.717) is 0 Å². The van der Waals surface area contributed by atoms with E-state index in [4.69, 9.17) is 4.74 Å². The number of phosphoric acid groups is 3. The molecule has 0 saturated carbocycles. The Morgan fingerprint density at radius 1 is 1.00 bits per heavy atom. The molecule has 6 atom stereocenters. The molecule has 1 saturated heterocycles. The first-order valence-electron chi connectivity index (χ1n) is 8.12. The summed E-state index contributed by atoms with van der Waals surface area (Å²) >= 11 is 0. The summed E-state index contributed by atoms with van der Waals surface area (Å²) in [7, 11) is -18.2. The zero-order valence-electron chi connectivity index (χ0n) is 19.3. The second-order valence-electron chi connectivity index (χ2n) is 6.01. The molecule has 2 heterocycles. The van der Waals surface area contributed by atoms with Crippen LogP contribution in [-0.4, -0.2) is 44.7 Å². The number of aromatic amines is 1. The van der Waals surface area contributed by atoms with Gasteiger partial charge in [-0.25, -0.2) is 9.11 Å².